The van der Waals surface area contributed by atoms with Crippen molar-refractivity contribution in [1.82, 2.24) is 4.98 Å². The molecule has 0 unspecified atom stereocenters. The fourth-order valence-corrected chi connectivity index (χ4v) is 3.75. The van der Waals surface area contributed by atoms with Gasteiger partial charge >= 0.3 is 5.97 Å². The molecule has 22 heavy (non-hydrogen) atoms. The lowest BCUT2D eigenvalue weighted by atomic mass is 9.98. The quantitative estimate of drug-likeness (QED) is 0.663. The van der Waals surface area contributed by atoms with Crippen LogP contribution in [-0.2, 0) is 4.74 Å². The molecule has 0 spiro atoms. The number of benzene rings is 1. The highest BCUT2D eigenvalue weighted by Crippen LogP contribution is 2.33. The van der Waals surface area contributed by atoms with Gasteiger partial charge in [-0.1, -0.05) is 11.3 Å². The van der Waals surface area contributed by atoms with E-state index >= 15 is 0 Å². The van der Waals surface area contributed by atoms with E-state index in [0.29, 0.717) is 17.2 Å². The summed E-state index contributed by atoms with van der Waals surface area (Å²) >= 11 is 1.58. The number of aliphatic hydroxyl groups is 1. The smallest absolute Gasteiger partial charge is 0.340 e. The summed E-state index contributed by atoms with van der Waals surface area (Å²) in [6.45, 7) is 2.04. The minimum absolute atomic E-state index is 0.257. The maximum atomic E-state index is 11.7. The van der Waals surface area contributed by atoms with Crippen molar-refractivity contribution in [3.63, 3.8) is 0 Å². The normalized spacial score (nSPS) is 16.2. The molecule has 1 aliphatic rings. The molecule has 3 rings (SSSR count). The molecule has 0 bridgehead atoms. The van der Waals surface area contributed by atoms with Crippen molar-refractivity contribution in [2.24, 2.45) is 5.92 Å². The maximum Gasteiger partial charge on any atom is 0.340 e. The molecule has 0 saturated carbocycles. The molecule has 0 atom stereocenters. The number of nitrogen functional groups attached to an aromatic ring is 1. The number of rotatable bonds is 3. The molecule has 1 aromatic carbocycles. The molecule has 2 aromatic rings. The molecule has 2 heterocycles. The van der Waals surface area contributed by atoms with E-state index in [1.54, 1.807) is 23.5 Å². The SMILES string of the molecule is COC(=O)c1cc2nc(N3CCC(CO)CC3)sc2cc1N. The Hall–Kier alpha value is -1.86. The van der Waals surface area contributed by atoms with Crippen LogP contribution in [-0.4, -0.2) is 42.9 Å². The first-order valence-corrected chi connectivity index (χ1v) is 8.08. The van der Waals surface area contributed by atoms with Gasteiger partial charge in [0, 0.05) is 25.4 Å². The second-order valence-electron chi connectivity index (χ2n) is 5.51. The van der Waals surface area contributed by atoms with Gasteiger partial charge in [-0.3, -0.25) is 0 Å². The molecule has 0 aliphatic carbocycles. The van der Waals surface area contributed by atoms with Crippen LogP contribution < -0.4 is 10.6 Å². The molecule has 0 radical (unpaired) electrons. The van der Waals surface area contributed by atoms with Crippen LogP contribution in [0.15, 0.2) is 12.1 Å². The van der Waals surface area contributed by atoms with E-state index in [0.717, 1.165) is 41.3 Å². The third kappa shape index (κ3) is 2.74. The summed E-state index contributed by atoms with van der Waals surface area (Å²) in [6, 6.07) is 3.47. The largest absolute Gasteiger partial charge is 0.465 e. The number of piperidine rings is 1. The van der Waals surface area contributed by atoms with E-state index in [9.17, 15) is 9.90 Å². The number of esters is 1. The molecule has 1 saturated heterocycles. The van der Waals surface area contributed by atoms with Crippen LogP contribution in [0.5, 0.6) is 0 Å². The van der Waals surface area contributed by atoms with Gasteiger partial charge in [0.05, 0.1) is 22.9 Å². The van der Waals surface area contributed by atoms with Crippen LogP contribution in [0.2, 0.25) is 0 Å². The number of hydrogen-bond donors (Lipinski definition) is 2. The lowest BCUT2D eigenvalue weighted by Gasteiger charge is -2.30. The molecule has 1 aliphatic heterocycles. The Balaban J connectivity index is 1.88. The molecular formula is C15H19N3O3S. The second-order valence-corrected chi connectivity index (χ2v) is 6.52. The lowest BCUT2D eigenvalue weighted by Crippen LogP contribution is -2.34. The lowest BCUT2D eigenvalue weighted by molar-refractivity contribution is 0.0602. The summed E-state index contributed by atoms with van der Waals surface area (Å²) in [5.74, 6) is -0.0510. The van der Waals surface area contributed by atoms with E-state index in [1.165, 1.54) is 7.11 Å². The molecule has 6 nitrogen and oxygen atoms in total. The van der Waals surface area contributed by atoms with Gasteiger partial charge in [-0.15, -0.1) is 0 Å². The summed E-state index contributed by atoms with van der Waals surface area (Å²) in [6.07, 6.45) is 1.95. The highest BCUT2D eigenvalue weighted by Gasteiger charge is 2.22. The maximum absolute atomic E-state index is 11.7. The third-order valence-corrected chi connectivity index (χ3v) is 5.18. The van der Waals surface area contributed by atoms with Gasteiger partial charge in [0.1, 0.15) is 0 Å². The van der Waals surface area contributed by atoms with Crippen LogP contribution in [0, 0.1) is 5.92 Å². The van der Waals surface area contributed by atoms with Gasteiger partial charge in [0.25, 0.3) is 0 Å². The number of fused-ring (bicyclic) bond motifs is 1. The molecular weight excluding hydrogens is 302 g/mol. The minimum atomic E-state index is -0.447. The Morgan fingerprint density at radius 2 is 2.23 bits per heavy atom. The number of methoxy groups -OCH3 is 1. The fraction of sp³-hybridized carbons (Fsp3) is 0.467. The van der Waals surface area contributed by atoms with Crippen LogP contribution in [0.3, 0.4) is 0 Å². The topological polar surface area (TPSA) is 88.7 Å². The number of nitrogens with two attached hydrogens (primary N) is 1. The van der Waals surface area contributed by atoms with Crippen LogP contribution >= 0.6 is 11.3 Å². The average molecular weight is 321 g/mol. The van der Waals surface area contributed by atoms with Crippen molar-refractivity contribution < 1.29 is 14.6 Å². The number of nitrogens with zero attached hydrogens (tertiary/aromatic N) is 2. The Bertz CT molecular complexity index is 693. The first-order valence-electron chi connectivity index (χ1n) is 7.26. The monoisotopic (exact) mass is 321 g/mol. The molecule has 1 aromatic heterocycles. The Labute approximate surface area is 132 Å². The summed E-state index contributed by atoms with van der Waals surface area (Å²) in [7, 11) is 1.34. The van der Waals surface area contributed by atoms with Gasteiger partial charge in [0.15, 0.2) is 5.13 Å². The van der Waals surface area contributed by atoms with Crippen LogP contribution in [0.4, 0.5) is 10.8 Å². The molecule has 118 valence electrons. The number of thiazole rings is 1. The average Bonchev–Trinajstić information content (AvgIpc) is 2.96. The number of hydrogen-bond acceptors (Lipinski definition) is 7. The second kappa shape index (κ2) is 6.10. The van der Waals surface area contributed by atoms with Crippen molar-refractivity contribution in [1.29, 1.82) is 0 Å². The van der Waals surface area contributed by atoms with Gasteiger partial charge in [-0.25, -0.2) is 9.78 Å². The van der Waals surface area contributed by atoms with E-state index in [-0.39, 0.29) is 6.61 Å². The Kier molecular flexibility index (Phi) is 4.17. The standard InChI is InChI=1S/C15H19N3O3S/c1-21-14(20)10-6-12-13(7-11(10)16)22-15(17-12)18-4-2-9(8-19)3-5-18/h6-7,9,19H,2-5,8,16H2,1H3. The number of carbonyl (C=O) groups excluding carboxylic acids is 1. The van der Waals surface area contributed by atoms with Gasteiger partial charge in [-0.2, -0.15) is 0 Å². The molecule has 0 amide bonds. The van der Waals surface area contributed by atoms with Crippen molar-refractivity contribution in [3.05, 3.63) is 17.7 Å². The van der Waals surface area contributed by atoms with Crippen molar-refractivity contribution >= 4 is 38.3 Å². The summed E-state index contributed by atoms with van der Waals surface area (Å²) in [4.78, 5) is 18.5. The molecule has 1 fully saturated rings. The van der Waals surface area contributed by atoms with E-state index in [2.05, 4.69) is 9.88 Å². The zero-order chi connectivity index (χ0) is 15.7. The third-order valence-electron chi connectivity index (χ3n) is 4.10. The van der Waals surface area contributed by atoms with Gasteiger partial charge in [0.2, 0.25) is 0 Å². The number of carbonyl (C=O) groups is 1. The van der Waals surface area contributed by atoms with E-state index in [4.69, 9.17) is 10.5 Å². The number of aromatic nitrogens is 1. The Morgan fingerprint density at radius 3 is 2.86 bits per heavy atom. The fourth-order valence-electron chi connectivity index (χ4n) is 2.71. The first-order chi connectivity index (χ1) is 10.6. The van der Waals surface area contributed by atoms with Crippen LogP contribution in [0.25, 0.3) is 10.2 Å². The predicted molar refractivity (Wildman–Crippen MR) is 87.4 cm³/mol. The summed E-state index contributed by atoms with van der Waals surface area (Å²) < 4.78 is 5.70. The van der Waals surface area contributed by atoms with Crippen molar-refractivity contribution in [2.45, 2.75) is 12.8 Å². The first kappa shape index (κ1) is 15.1. The number of aliphatic hydroxyl groups excluding tert-OH is 1. The van der Waals surface area contributed by atoms with Gasteiger partial charge in [-0.05, 0) is 30.9 Å². The number of ether oxygens (including phenoxy) is 1. The highest BCUT2D eigenvalue weighted by atomic mass is 32.1. The summed E-state index contributed by atoms with van der Waals surface area (Å²) in [5.41, 5.74) is 7.45. The van der Waals surface area contributed by atoms with Crippen LogP contribution in [0.1, 0.15) is 23.2 Å². The zero-order valence-electron chi connectivity index (χ0n) is 12.4. The van der Waals surface area contributed by atoms with Crippen molar-refractivity contribution in [3.8, 4) is 0 Å². The molecule has 3 N–H and O–H groups in total. The minimum Gasteiger partial charge on any atom is -0.465 e. The van der Waals surface area contributed by atoms with Gasteiger partial charge < -0.3 is 20.5 Å². The number of anilines is 2. The summed E-state index contributed by atoms with van der Waals surface area (Å²) in [5, 5.41) is 10.1. The zero-order valence-corrected chi connectivity index (χ0v) is 13.2. The Morgan fingerprint density at radius 1 is 1.50 bits per heavy atom. The van der Waals surface area contributed by atoms with Crippen molar-refractivity contribution in [2.75, 3.05) is 37.4 Å². The van der Waals surface area contributed by atoms with E-state index in [1.807, 2.05) is 0 Å². The molecule has 7 heteroatoms. The predicted octanol–water partition coefficient (Wildman–Crippen LogP) is 1.87. The van der Waals surface area contributed by atoms with E-state index < -0.39 is 5.97 Å². The highest BCUT2D eigenvalue weighted by molar-refractivity contribution is 7.22.